The van der Waals surface area contributed by atoms with Crippen LogP contribution in [0.15, 0.2) is 18.2 Å². The van der Waals surface area contributed by atoms with Crippen LogP contribution in [0.4, 0.5) is 11.4 Å². The Labute approximate surface area is 122 Å². The molecule has 0 aromatic heterocycles. The fourth-order valence-corrected chi connectivity index (χ4v) is 2.53. The third-order valence-corrected chi connectivity index (χ3v) is 4.01. The standard InChI is InChI=1S/C13H19ClN2O2S/c1-9(7-17)8-19-5-4-13(18)16-12-6-10(14)2-3-11(12)15/h2-3,6,9,17H,4-5,7-8,15H2,1H3,(H,16,18). The maximum absolute atomic E-state index is 11.7. The van der Waals surface area contributed by atoms with Gasteiger partial charge in [0.1, 0.15) is 0 Å². The van der Waals surface area contributed by atoms with E-state index < -0.39 is 0 Å². The van der Waals surface area contributed by atoms with E-state index in [9.17, 15) is 4.79 Å². The van der Waals surface area contributed by atoms with Crippen LogP contribution in [0.5, 0.6) is 0 Å². The molecule has 4 nitrogen and oxygen atoms in total. The van der Waals surface area contributed by atoms with E-state index in [4.69, 9.17) is 22.4 Å². The summed E-state index contributed by atoms with van der Waals surface area (Å²) in [5, 5.41) is 12.2. The number of aliphatic hydroxyl groups is 1. The van der Waals surface area contributed by atoms with Gasteiger partial charge in [0, 0.05) is 23.8 Å². The Balaban J connectivity index is 2.33. The summed E-state index contributed by atoms with van der Waals surface area (Å²) < 4.78 is 0. The Morgan fingerprint density at radius 1 is 1.58 bits per heavy atom. The average Bonchev–Trinajstić information content (AvgIpc) is 2.38. The Morgan fingerprint density at radius 2 is 2.32 bits per heavy atom. The highest BCUT2D eigenvalue weighted by Crippen LogP contribution is 2.23. The van der Waals surface area contributed by atoms with Crippen LogP contribution < -0.4 is 11.1 Å². The first-order valence-corrected chi connectivity index (χ1v) is 7.59. The molecule has 0 saturated carbocycles. The van der Waals surface area contributed by atoms with Gasteiger partial charge >= 0.3 is 0 Å². The lowest BCUT2D eigenvalue weighted by molar-refractivity contribution is -0.115. The van der Waals surface area contributed by atoms with E-state index in [-0.39, 0.29) is 18.4 Å². The van der Waals surface area contributed by atoms with Crippen LogP contribution in [0, 0.1) is 5.92 Å². The molecule has 0 spiro atoms. The average molecular weight is 303 g/mol. The summed E-state index contributed by atoms with van der Waals surface area (Å²) in [5.41, 5.74) is 6.79. The summed E-state index contributed by atoms with van der Waals surface area (Å²) in [7, 11) is 0. The van der Waals surface area contributed by atoms with Gasteiger partial charge in [-0.05, 0) is 29.9 Å². The van der Waals surface area contributed by atoms with Crippen molar-refractivity contribution in [3.8, 4) is 0 Å². The number of carbonyl (C=O) groups excluding carboxylic acids is 1. The van der Waals surface area contributed by atoms with E-state index >= 15 is 0 Å². The molecular weight excluding hydrogens is 284 g/mol. The number of carbonyl (C=O) groups is 1. The summed E-state index contributed by atoms with van der Waals surface area (Å²) in [5.74, 6) is 1.74. The highest BCUT2D eigenvalue weighted by atomic mass is 35.5. The molecule has 1 rings (SSSR count). The van der Waals surface area contributed by atoms with Crippen molar-refractivity contribution >= 4 is 40.6 Å². The second kappa shape index (κ2) is 8.30. The Bertz CT molecular complexity index is 429. The van der Waals surface area contributed by atoms with Crippen LogP contribution in [-0.4, -0.2) is 29.1 Å². The van der Waals surface area contributed by atoms with Gasteiger partial charge in [0.15, 0.2) is 0 Å². The fraction of sp³-hybridized carbons (Fsp3) is 0.462. The second-order valence-corrected chi connectivity index (χ2v) is 5.98. The minimum absolute atomic E-state index is 0.0851. The lowest BCUT2D eigenvalue weighted by atomic mass is 10.2. The molecule has 0 saturated heterocycles. The first-order chi connectivity index (χ1) is 9.02. The van der Waals surface area contributed by atoms with E-state index in [0.29, 0.717) is 22.8 Å². The number of nitrogen functional groups attached to an aromatic ring is 1. The van der Waals surface area contributed by atoms with Crippen LogP contribution in [0.1, 0.15) is 13.3 Å². The molecule has 0 fully saturated rings. The SMILES string of the molecule is CC(CO)CSCCC(=O)Nc1cc(Cl)ccc1N. The summed E-state index contributed by atoms with van der Waals surface area (Å²) in [6.07, 6.45) is 0.411. The molecule has 6 heteroatoms. The van der Waals surface area contributed by atoms with Crippen LogP contribution in [0.3, 0.4) is 0 Å². The minimum Gasteiger partial charge on any atom is -0.397 e. The molecule has 1 unspecified atom stereocenters. The van der Waals surface area contributed by atoms with Gasteiger partial charge in [-0.1, -0.05) is 18.5 Å². The van der Waals surface area contributed by atoms with Gasteiger partial charge in [-0.3, -0.25) is 4.79 Å². The molecule has 1 atom stereocenters. The summed E-state index contributed by atoms with van der Waals surface area (Å²) in [6.45, 7) is 2.15. The first-order valence-electron chi connectivity index (χ1n) is 6.06. The summed E-state index contributed by atoms with van der Waals surface area (Å²) in [6, 6.07) is 4.98. The predicted octanol–water partition coefficient (Wildman–Crippen LogP) is 2.61. The number of thioether (sulfide) groups is 1. The van der Waals surface area contributed by atoms with Crippen LogP contribution in [0.2, 0.25) is 5.02 Å². The van der Waals surface area contributed by atoms with E-state index in [2.05, 4.69) is 5.32 Å². The molecule has 1 aromatic rings. The quantitative estimate of drug-likeness (QED) is 0.534. The van der Waals surface area contributed by atoms with Crippen LogP contribution in [-0.2, 0) is 4.79 Å². The number of anilines is 2. The molecule has 19 heavy (non-hydrogen) atoms. The molecule has 0 heterocycles. The summed E-state index contributed by atoms with van der Waals surface area (Å²) >= 11 is 7.50. The van der Waals surface area contributed by atoms with Gasteiger partial charge in [-0.2, -0.15) is 11.8 Å². The number of amides is 1. The van der Waals surface area contributed by atoms with Crippen molar-refractivity contribution in [3.05, 3.63) is 23.2 Å². The molecule has 0 aliphatic rings. The highest BCUT2D eigenvalue weighted by molar-refractivity contribution is 7.99. The molecule has 0 radical (unpaired) electrons. The van der Waals surface area contributed by atoms with Gasteiger partial charge in [0.05, 0.1) is 11.4 Å². The molecule has 1 amide bonds. The lowest BCUT2D eigenvalue weighted by Gasteiger charge is -2.09. The van der Waals surface area contributed by atoms with Gasteiger partial charge in [-0.25, -0.2) is 0 Å². The number of nitrogens with one attached hydrogen (secondary N) is 1. The van der Waals surface area contributed by atoms with Crippen molar-refractivity contribution in [1.29, 1.82) is 0 Å². The molecule has 4 N–H and O–H groups in total. The number of benzene rings is 1. The monoisotopic (exact) mass is 302 g/mol. The molecule has 0 aliphatic carbocycles. The van der Waals surface area contributed by atoms with Crippen molar-refractivity contribution in [2.24, 2.45) is 5.92 Å². The van der Waals surface area contributed by atoms with Gasteiger partial charge in [0.2, 0.25) is 5.91 Å². The summed E-state index contributed by atoms with van der Waals surface area (Å²) in [4.78, 5) is 11.7. The number of hydrogen-bond acceptors (Lipinski definition) is 4. The van der Waals surface area contributed by atoms with E-state index in [1.165, 1.54) is 0 Å². The zero-order valence-corrected chi connectivity index (χ0v) is 12.4. The van der Waals surface area contributed by atoms with E-state index in [1.54, 1.807) is 30.0 Å². The Hall–Kier alpha value is -0.910. The first kappa shape index (κ1) is 16.1. The normalized spacial score (nSPS) is 12.2. The molecule has 0 aliphatic heterocycles. The zero-order valence-electron chi connectivity index (χ0n) is 10.9. The maximum Gasteiger partial charge on any atom is 0.225 e. The number of nitrogens with two attached hydrogens (primary N) is 1. The molecule has 106 valence electrons. The third kappa shape index (κ3) is 6.18. The number of aliphatic hydroxyl groups excluding tert-OH is 1. The zero-order chi connectivity index (χ0) is 14.3. The Morgan fingerprint density at radius 3 is 3.00 bits per heavy atom. The minimum atomic E-state index is -0.0851. The number of hydrogen-bond donors (Lipinski definition) is 3. The largest absolute Gasteiger partial charge is 0.397 e. The van der Waals surface area contributed by atoms with Gasteiger partial charge in [-0.15, -0.1) is 0 Å². The van der Waals surface area contributed by atoms with Crippen LogP contribution >= 0.6 is 23.4 Å². The Kier molecular flexibility index (Phi) is 7.05. The van der Waals surface area contributed by atoms with Crippen molar-refractivity contribution in [1.82, 2.24) is 0 Å². The topological polar surface area (TPSA) is 75.3 Å². The molecule has 1 aromatic carbocycles. The van der Waals surface area contributed by atoms with Crippen LogP contribution in [0.25, 0.3) is 0 Å². The smallest absolute Gasteiger partial charge is 0.225 e. The lowest BCUT2D eigenvalue weighted by Crippen LogP contribution is -2.14. The van der Waals surface area contributed by atoms with Crippen molar-refractivity contribution in [2.45, 2.75) is 13.3 Å². The molecular formula is C13H19ClN2O2S. The van der Waals surface area contributed by atoms with Crippen molar-refractivity contribution in [2.75, 3.05) is 29.2 Å². The van der Waals surface area contributed by atoms with Crippen molar-refractivity contribution in [3.63, 3.8) is 0 Å². The fourth-order valence-electron chi connectivity index (χ4n) is 1.35. The van der Waals surface area contributed by atoms with E-state index in [1.807, 2.05) is 6.92 Å². The van der Waals surface area contributed by atoms with E-state index in [0.717, 1.165) is 11.5 Å². The predicted molar refractivity (Wildman–Crippen MR) is 82.7 cm³/mol. The van der Waals surface area contributed by atoms with Gasteiger partial charge in [0.25, 0.3) is 0 Å². The second-order valence-electron chi connectivity index (χ2n) is 4.39. The number of halogens is 1. The number of rotatable bonds is 7. The van der Waals surface area contributed by atoms with Gasteiger partial charge < -0.3 is 16.2 Å². The third-order valence-electron chi connectivity index (χ3n) is 2.48. The maximum atomic E-state index is 11.7. The molecule has 0 bridgehead atoms. The van der Waals surface area contributed by atoms with Crippen molar-refractivity contribution < 1.29 is 9.90 Å². The highest BCUT2D eigenvalue weighted by Gasteiger charge is 2.07.